The van der Waals surface area contributed by atoms with Crippen molar-refractivity contribution in [2.24, 2.45) is 0 Å². The second-order valence-corrected chi connectivity index (χ2v) is 6.83. The third-order valence-electron chi connectivity index (χ3n) is 4.02. The Morgan fingerprint density at radius 2 is 2.00 bits per heavy atom. The predicted octanol–water partition coefficient (Wildman–Crippen LogP) is 4.11. The number of aromatic nitrogens is 1. The van der Waals surface area contributed by atoms with E-state index in [-0.39, 0.29) is 17.6 Å². The minimum Gasteiger partial charge on any atom is -0.459 e. The van der Waals surface area contributed by atoms with Gasteiger partial charge in [-0.2, -0.15) is 0 Å². The first kappa shape index (κ1) is 18.8. The Balaban J connectivity index is 1.43. The molecule has 0 radical (unpaired) electrons. The fourth-order valence-electron chi connectivity index (χ4n) is 2.50. The Morgan fingerprint density at radius 3 is 2.70 bits per heavy atom. The quantitative estimate of drug-likeness (QED) is 0.573. The van der Waals surface area contributed by atoms with Crippen LogP contribution in [0.25, 0.3) is 11.3 Å². The van der Waals surface area contributed by atoms with E-state index < -0.39 is 0 Å². The van der Waals surface area contributed by atoms with Crippen LogP contribution >= 0.6 is 11.3 Å². The van der Waals surface area contributed by atoms with Crippen LogP contribution in [-0.2, 0) is 11.2 Å². The molecule has 2 aromatic heterocycles. The zero-order valence-electron chi connectivity index (χ0n) is 15.0. The van der Waals surface area contributed by atoms with Gasteiger partial charge in [-0.1, -0.05) is 31.2 Å². The highest BCUT2D eigenvalue weighted by Crippen LogP contribution is 2.25. The Morgan fingerprint density at radius 1 is 1.19 bits per heavy atom. The molecule has 0 bridgehead atoms. The van der Waals surface area contributed by atoms with Crippen LogP contribution in [0.3, 0.4) is 0 Å². The molecule has 1 aromatic carbocycles. The number of benzene rings is 1. The van der Waals surface area contributed by atoms with Crippen molar-refractivity contribution in [3.8, 4) is 11.3 Å². The highest BCUT2D eigenvalue weighted by Gasteiger charge is 2.10. The number of aryl methyl sites for hydroxylation is 1. The van der Waals surface area contributed by atoms with Gasteiger partial charge in [0.25, 0.3) is 5.91 Å². The molecule has 3 rings (SSSR count). The minimum absolute atomic E-state index is 0.121. The van der Waals surface area contributed by atoms with Gasteiger partial charge in [0.2, 0.25) is 5.91 Å². The highest BCUT2D eigenvalue weighted by atomic mass is 32.1. The predicted molar refractivity (Wildman–Crippen MR) is 106 cm³/mol. The molecular formula is C20H21N3O3S. The van der Waals surface area contributed by atoms with E-state index in [0.717, 1.165) is 17.7 Å². The summed E-state index contributed by atoms with van der Waals surface area (Å²) < 4.78 is 5.01. The first-order valence-corrected chi connectivity index (χ1v) is 9.70. The molecule has 3 aromatic rings. The van der Waals surface area contributed by atoms with Crippen molar-refractivity contribution in [1.29, 1.82) is 0 Å². The van der Waals surface area contributed by atoms with Gasteiger partial charge in [0.1, 0.15) is 0 Å². The number of carbonyl (C=O) groups excluding carboxylic acids is 2. The van der Waals surface area contributed by atoms with E-state index in [0.29, 0.717) is 24.5 Å². The summed E-state index contributed by atoms with van der Waals surface area (Å²) in [6, 6.07) is 11.5. The highest BCUT2D eigenvalue weighted by molar-refractivity contribution is 7.14. The maximum Gasteiger partial charge on any atom is 0.286 e. The lowest BCUT2D eigenvalue weighted by atomic mass is 10.1. The maximum atomic E-state index is 12.0. The van der Waals surface area contributed by atoms with E-state index in [4.69, 9.17) is 4.42 Å². The molecule has 0 saturated carbocycles. The number of nitrogens with zero attached hydrogens (tertiary/aromatic N) is 1. The second-order valence-electron chi connectivity index (χ2n) is 5.97. The van der Waals surface area contributed by atoms with Crippen molar-refractivity contribution >= 4 is 28.3 Å². The smallest absolute Gasteiger partial charge is 0.286 e. The lowest BCUT2D eigenvalue weighted by Crippen LogP contribution is -2.25. The Hall–Kier alpha value is -2.93. The van der Waals surface area contributed by atoms with Crippen molar-refractivity contribution in [3.63, 3.8) is 0 Å². The van der Waals surface area contributed by atoms with Crippen molar-refractivity contribution in [2.75, 3.05) is 11.9 Å². The van der Waals surface area contributed by atoms with Crippen LogP contribution in [0.5, 0.6) is 0 Å². The molecule has 0 saturated heterocycles. The van der Waals surface area contributed by atoms with Gasteiger partial charge in [0.05, 0.1) is 12.0 Å². The normalized spacial score (nSPS) is 10.6. The average Bonchev–Trinajstić information content (AvgIpc) is 3.37. The number of carbonyl (C=O) groups is 2. The van der Waals surface area contributed by atoms with E-state index in [2.05, 4.69) is 34.7 Å². The molecule has 6 nitrogen and oxygen atoms in total. The van der Waals surface area contributed by atoms with Gasteiger partial charge in [0.15, 0.2) is 10.9 Å². The molecular weight excluding hydrogens is 362 g/mol. The van der Waals surface area contributed by atoms with Gasteiger partial charge in [0, 0.05) is 23.9 Å². The topological polar surface area (TPSA) is 84.2 Å². The maximum absolute atomic E-state index is 12.0. The number of nitrogens with one attached hydrogen (secondary N) is 2. The lowest BCUT2D eigenvalue weighted by Gasteiger charge is -2.04. The zero-order chi connectivity index (χ0) is 19.1. The SMILES string of the molecule is CCc1ccc(-c2csc(NC(=O)CCCNC(=O)c3ccco3)n2)cc1. The summed E-state index contributed by atoms with van der Waals surface area (Å²) >= 11 is 1.40. The van der Waals surface area contributed by atoms with Crippen LogP contribution in [-0.4, -0.2) is 23.3 Å². The van der Waals surface area contributed by atoms with Gasteiger partial charge >= 0.3 is 0 Å². The van der Waals surface area contributed by atoms with E-state index >= 15 is 0 Å². The second kappa shape index (κ2) is 9.14. The summed E-state index contributed by atoms with van der Waals surface area (Å²) in [6.07, 6.45) is 3.29. The van der Waals surface area contributed by atoms with Crippen LogP contribution in [0.1, 0.15) is 35.9 Å². The Labute approximate surface area is 161 Å². The minimum atomic E-state index is -0.279. The van der Waals surface area contributed by atoms with E-state index in [1.54, 1.807) is 12.1 Å². The molecule has 2 heterocycles. The molecule has 0 unspecified atom stereocenters. The molecule has 2 N–H and O–H groups in total. The fourth-order valence-corrected chi connectivity index (χ4v) is 3.24. The summed E-state index contributed by atoms with van der Waals surface area (Å²) in [5.74, 6) is -0.134. The Kier molecular flexibility index (Phi) is 6.38. The molecule has 0 aliphatic carbocycles. The number of thiazole rings is 1. The first-order chi connectivity index (χ1) is 13.2. The van der Waals surface area contributed by atoms with Gasteiger partial charge in [-0.3, -0.25) is 9.59 Å². The molecule has 0 fully saturated rings. The van der Waals surface area contributed by atoms with Crippen LogP contribution in [0.2, 0.25) is 0 Å². The van der Waals surface area contributed by atoms with Gasteiger partial charge in [-0.15, -0.1) is 11.3 Å². The number of hydrogen-bond acceptors (Lipinski definition) is 5. The number of furan rings is 1. The van der Waals surface area contributed by atoms with E-state index in [1.807, 2.05) is 17.5 Å². The third kappa shape index (κ3) is 5.27. The summed E-state index contributed by atoms with van der Waals surface area (Å²) in [5.41, 5.74) is 3.16. The van der Waals surface area contributed by atoms with E-state index in [1.165, 1.54) is 23.2 Å². The van der Waals surface area contributed by atoms with Crippen molar-refractivity contribution in [2.45, 2.75) is 26.2 Å². The molecule has 0 spiro atoms. The third-order valence-corrected chi connectivity index (χ3v) is 4.78. The van der Waals surface area contributed by atoms with Gasteiger partial charge in [-0.05, 0) is 30.5 Å². The molecule has 0 atom stereocenters. The van der Waals surface area contributed by atoms with Crippen LogP contribution < -0.4 is 10.6 Å². The van der Waals surface area contributed by atoms with Crippen molar-refractivity contribution in [1.82, 2.24) is 10.3 Å². The van der Waals surface area contributed by atoms with Crippen LogP contribution in [0.15, 0.2) is 52.5 Å². The van der Waals surface area contributed by atoms with Gasteiger partial charge in [-0.25, -0.2) is 4.98 Å². The number of rotatable bonds is 8. The fraction of sp³-hybridized carbons (Fsp3) is 0.250. The monoisotopic (exact) mass is 383 g/mol. The molecule has 27 heavy (non-hydrogen) atoms. The number of amides is 2. The van der Waals surface area contributed by atoms with Crippen molar-refractivity contribution < 1.29 is 14.0 Å². The number of hydrogen-bond donors (Lipinski definition) is 2. The van der Waals surface area contributed by atoms with Gasteiger partial charge < -0.3 is 15.1 Å². The van der Waals surface area contributed by atoms with Crippen LogP contribution in [0, 0.1) is 0 Å². The molecule has 2 amide bonds. The standard InChI is InChI=1S/C20H21N3O3S/c1-2-14-7-9-15(10-8-14)16-13-27-20(22-16)23-18(24)6-3-11-21-19(25)17-5-4-12-26-17/h4-5,7-10,12-13H,2-3,6,11H2,1H3,(H,21,25)(H,22,23,24). The molecule has 7 heteroatoms. The summed E-state index contributed by atoms with van der Waals surface area (Å²) in [7, 11) is 0. The molecule has 0 aliphatic heterocycles. The largest absolute Gasteiger partial charge is 0.459 e. The summed E-state index contributed by atoms with van der Waals surface area (Å²) in [6.45, 7) is 2.52. The summed E-state index contributed by atoms with van der Waals surface area (Å²) in [4.78, 5) is 28.2. The lowest BCUT2D eigenvalue weighted by molar-refractivity contribution is -0.116. The van der Waals surface area contributed by atoms with Crippen molar-refractivity contribution in [3.05, 3.63) is 59.4 Å². The van der Waals surface area contributed by atoms with Crippen LogP contribution in [0.4, 0.5) is 5.13 Å². The van der Waals surface area contributed by atoms with E-state index in [9.17, 15) is 9.59 Å². The Bertz CT molecular complexity index is 886. The zero-order valence-corrected chi connectivity index (χ0v) is 15.8. The average molecular weight is 383 g/mol. The molecule has 140 valence electrons. The number of anilines is 1. The first-order valence-electron chi connectivity index (χ1n) is 8.82. The summed E-state index contributed by atoms with van der Waals surface area (Å²) in [5, 5.41) is 8.03. The molecule has 0 aliphatic rings.